The second-order valence-electron chi connectivity index (χ2n) is 6.66. The minimum Gasteiger partial charge on any atom is -0.355 e. The molecule has 126 valence electrons. The number of carbonyl (C=O) groups excluding carboxylic acids is 1. The number of aromatic nitrogens is 2. The van der Waals surface area contributed by atoms with Crippen LogP contribution in [0, 0.1) is 26.7 Å². The fourth-order valence-electron chi connectivity index (χ4n) is 3.22. The Kier molecular flexibility index (Phi) is 4.79. The van der Waals surface area contributed by atoms with Crippen LogP contribution in [0.1, 0.15) is 29.7 Å². The van der Waals surface area contributed by atoms with Crippen molar-refractivity contribution in [2.75, 3.05) is 23.3 Å². The molecule has 1 aromatic carbocycles. The summed E-state index contributed by atoms with van der Waals surface area (Å²) in [6.45, 7) is 7.69. The number of carbonyl (C=O) groups is 1. The summed E-state index contributed by atoms with van der Waals surface area (Å²) in [5, 5.41) is 11.4. The summed E-state index contributed by atoms with van der Waals surface area (Å²) < 4.78 is 0. The summed E-state index contributed by atoms with van der Waals surface area (Å²) in [4.78, 5) is 14.7. The Bertz CT molecular complexity index is 698. The first-order valence-electron chi connectivity index (χ1n) is 8.46. The Morgan fingerprint density at radius 3 is 2.29 bits per heavy atom. The van der Waals surface area contributed by atoms with Crippen molar-refractivity contribution in [1.29, 1.82) is 0 Å². The molecule has 1 saturated heterocycles. The molecule has 0 aliphatic carbocycles. The van der Waals surface area contributed by atoms with E-state index in [4.69, 9.17) is 0 Å². The predicted molar refractivity (Wildman–Crippen MR) is 96.3 cm³/mol. The van der Waals surface area contributed by atoms with Crippen LogP contribution >= 0.6 is 0 Å². The molecule has 1 aliphatic heterocycles. The maximum Gasteiger partial charge on any atom is 0.227 e. The summed E-state index contributed by atoms with van der Waals surface area (Å²) in [6, 6.07) is 10.1. The lowest BCUT2D eigenvalue weighted by atomic mass is 9.95. The SMILES string of the molecule is Cc1cc(C)cc(NC(=O)C2CCN(c3ccc(C)nn3)CC2)c1. The Morgan fingerprint density at radius 2 is 1.71 bits per heavy atom. The molecule has 5 heteroatoms. The number of nitrogens with zero attached hydrogens (tertiary/aromatic N) is 3. The van der Waals surface area contributed by atoms with Gasteiger partial charge in [-0.25, -0.2) is 0 Å². The third-order valence-corrected chi connectivity index (χ3v) is 4.46. The van der Waals surface area contributed by atoms with Gasteiger partial charge in [0.15, 0.2) is 5.82 Å². The van der Waals surface area contributed by atoms with E-state index in [-0.39, 0.29) is 11.8 Å². The summed E-state index contributed by atoms with van der Waals surface area (Å²) in [5.74, 6) is 1.07. The summed E-state index contributed by atoms with van der Waals surface area (Å²) in [6.07, 6.45) is 1.68. The van der Waals surface area contributed by atoms with Crippen LogP contribution in [0.25, 0.3) is 0 Å². The van der Waals surface area contributed by atoms with E-state index in [1.165, 1.54) is 0 Å². The number of piperidine rings is 1. The second-order valence-corrected chi connectivity index (χ2v) is 6.66. The average molecular weight is 324 g/mol. The number of hydrogen-bond donors (Lipinski definition) is 1. The first-order valence-corrected chi connectivity index (χ1v) is 8.46. The molecule has 2 aromatic rings. The zero-order valence-electron chi connectivity index (χ0n) is 14.5. The molecule has 0 spiro atoms. The molecule has 1 fully saturated rings. The van der Waals surface area contributed by atoms with Gasteiger partial charge in [-0.05, 0) is 69.0 Å². The molecule has 5 nitrogen and oxygen atoms in total. The van der Waals surface area contributed by atoms with E-state index in [0.29, 0.717) is 0 Å². The monoisotopic (exact) mass is 324 g/mol. The molecular formula is C19H24N4O. The van der Waals surface area contributed by atoms with Crippen molar-refractivity contribution < 1.29 is 4.79 Å². The van der Waals surface area contributed by atoms with E-state index in [1.54, 1.807) is 0 Å². The van der Waals surface area contributed by atoms with Gasteiger partial charge >= 0.3 is 0 Å². The first kappa shape index (κ1) is 16.4. The Hall–Kier alpha value is -2.43. The lowest BCUT2D eigenvalue weighted by Gasteiger charge is -2.31. The van der Waals surface area contributed by atoms with E-state index >= 15 is 0 Å². The molecule has 1 aromatic heterocycles. The molecule has 2 heterocycles. The highest BCUT2D eigenvalue weighted by Crippen LogP contribution is 2.23. The van der Waals surface area contributed by atoms with Crippen LogP contribution < -0.4 is 10.2 Å². The van der Waals surface area contributed by atoms with Gasteiger partial charge in [0.2, 0.25) is 5.91 Å². The predicted octanol–water partition coefficient (Wildman–Crippen LogP) is 3.26. The van der Waals surface area contributed by atoms with E-state index in [9.17, 15) is 4.79 Å². The van der Waals surface area contributed by atoms with E-state index in [1.807, 2.05) is 45.0 Å². The molecule has 24 heavy (non-hydrogen) atoms. The highest BCUT2D eigenvalue weighted by atomic mass is 16.1. The molecule has 0 radical (unpaired) electrons. The zero-order valence-corrected chi connectivity index (χ0v) is 14.5. The first-order chi connectivity index (χ1) is 11.5. The second kappa shape index (κ2) is 6.99. The standard InChI is InChI=1S/C19H24N4O/c1-13-10-14(2)12-17(11-13)20-19(24)16-6-8-23(9-7-16)18-5-4-15(3)21-22-18/h4-5,10-12,16H,6-9H2,1-3H3,(H,20,24). The highest BCUT2D eigenvalue weighted by molar-refractivity contribution is 5.92. The largest absolute Gasteiger partial charge is 0.355 e. The number of benzene rings is 1. The summed E-state index contributed by atoms with van der Waals surface area (Å²) in [7, 11) is 0. The van der Waals surface area contributed by atoms with E-state index < -0.39 is 0 Å². The van der Waals surface area contributed by atoms with Crippen molar-refractivity contribution in [2.24, 2.45) is 5.92 Å². The van der Waals surface area contributed by atoms with Crippen LogP contribution in [0.2, 0.25) is 0 Å². The maximum absolute atomic E-state index is 12.5. The van der Waals surface area contributed by atoms with Crippen molar-refractivity contribution in [3.63, 3.8) is 0 Å². The van der Waals surface area contributed by atoms with Gasteiger partial charge in [-0.2, -0.15) is 5.10 Å². The van der Waals surface area contributed by atoms with Gasteiger partial charge in [-0.1, -0.05) is 6.07 Å². The fourth-order valence-corrected chi connectivity index (χ4v) is 3.22. The van der Waals surface area contributed by atoms with Crippen molar-refractivity contribution in [3.05, 3.63) is 47.2 Å². The molecule has 3 rings (SSSR count). The van der Waals surface area contributed by atoms with Crippen molar-refractivity contribution in [3.8, 4) is 0 Å². The highest BCUT2D eigenvalue weighted by Gasteiger charge is 2.25. The average Bonchev–Trinajstić information content (AvgIpc) is 2.55. The number of amides is 1. The lowest BCUT2D eigenvalue weighted by molar-refractivity contribution is -0.120. The Balaban J connectivity index is 1.57. The van der Waals surface area contributed by atoms with Crippen LogP contribution in [0.3, 0.4) is 0 Å². The van der Waals surface area contributed by atoms with Crippen LogP contribution in [0.4, 0.5) is 11.5 Å². The number of rotatable bonds is 3. The van der Waals surface area contributed by atoms with Gasteiger partial charge in [0.05, 0.1) is 5.69 Å². The van der Waals surface area contributed by atoms with Gasteiger partial charge in [0, 0.05) is 24.7 Å². The van der Waals surface area contributed by atoms with Crippen molar-refractivity contribution in [2.45, 2.75) is 33.6 Å². The number of hydrogen-bond acceptors (Lipinski definition) is 4. The minimum absolute atomic E-state index is 0.0560. The van der Waals surface area contributed by atoms with Crippen molar-refractivity contribution >= 4 is 17.4 Å². The van der Waals surface area contributed by atoms with Gasteiger partial charge < -0.3 is 10.2 Å². The smallest absolute Gasteiger partial charge is 0.227 e. The van der Waals surface area contributed by atoms with E-state index in [2.05, 4.69) is 26.5 Å². The van der Waals surface area contributed by atoms with Crippen molar-refractivity contribution in [1.82, 2.24) is 10.2 Å². The van der Waals surface area contributed by atoms with Gasteiger partial charge in [-0.15, -0.1) is 5.10 Å². The number of nitrogens with one attached hydrogen (secondary N) is 1. The number of aryl methyl sites for hydroxylation is 3. The summed E-state index contributed by atoms with van der Waals surface area (Å²) in [5.41, 5.74) is 4.14. The third kappa shape index (κ3) is 3.91. The Morgan fingerprint density at radius 1 is 1.04 bits per heavy atom. The topological polar surface area (TPSA) is 58.1 Å². The summed E-state index contributed by atoms with van der Waals surface area (Å²) >= 11 is 0. The van der Waals surface area contributed by atoms with Crippen LogP contribution in [-0.4, -0.2) is 29.2 Å². The normalized spacial score (nSPS) is 15.4. The molecule has 0 unspecified atom stereocenters. The molecular weight excluding hydrogens is 300 g/mol. The van der Waals surface area contributed by atoms with Crippen LogP contribution in [-0.2, 0) is 4.79 Å². The molecule has 1 N–H and O–H groups in total. The fraction of sp³-hybridized carbons (Fsp3) is 0.421. The maximum atomic E-state index is 12.5. The van der Waals surface area contributed by atoms with Gasteiger partial charge in [-0.3, -0.25) is 4.79 Å². The zero-order chi connectivity index (χ0) is 17.1. The van der Waals surface area contributed by atoms with Gasteiger partial charge in [0.25, 0.3) is 0 Å². The Labute approximate surface area is 143 Å². The molecule has 1 aliphatic rings. The van der Waals surface area contributed by atoms with Gasteiger partial charge in [0.1, 0.15) is 0 Å². The lowest BCUT2D eigenvalue weighted by Crippen LogP contribution is -2.38. The molecule has 1 amide bonds. The molecule has 0 atom stereocenters. The molecule has 0 bridgehead atoms. The minimum atomic E-state index is 0.0560. The van der Waals surface area contributed by atoms with Crippen LogP contribution in [0.15, 0.2) is 30.3 Å². The quantitative estimate of drug-likeness (QED) is 0.941. The number of anilines is 2. The van der Waals surface area contributed by atoms with Crippen LogP contribution in [0.5, 0.6) is 0 Å². The molecule has 0 saturated carbocycles. The third-order valence-electron chi connectivity index (χ3n) is 4.46. The van der Waals surface area contributed by atoms with E-state index in [0.717, 1.165) is 54.3 Å².